The van der Waals surface area contributed by atoms with Crippen molar-refractivity contribution in [3.8, 4) is 0 Å². The van der Waals surface area contributed by atoms with Gasteiger partial charge in [-0.2, -0.15) is 0 Å². The van der Waals surface area contributed by atoms with Gasteiger partial charge in [0.05, 0.1) is 32.7 Å². The van der Waals surface area contributed by atoms with Crippen LogP contribution >= 0.6 is 0 Å². The molecule has 20 heavy (non-hydrogen) atoms. The molecule has 5 nitrogen and oxygen atoms in total. The summed E-state index contributed by atoms with van der Waals surface area (Å²) in [5.74, 6) is -2.51. The highest BCUT2D eigenvalue weighted by Gasteiger charge is 2.23. The first-order valence-electron chi connectivity index (χ1n) is 6.72. The van der Waals surface area contributed by atoms with Crippen molar-refractivity contribution in [3.63, 3.8) is 0 Å². The van der Waals surface area contributed by atoms with Crippen molar-refractivity contribution in [1.82, 2.24) is 4.90 Å². The number of amides is 1. The number of hydrogen-bond acceptors (Lipinski definition) is 3. The van der Waals surface area contributed by atoms with E-state index < -0.39 is 11.9 Å². The van der Waals surface area contributed by atoms with E-state index in [1.54, 1.807) is 0 Å². The fourth-order valence-electron chi connectivity index (χ4n) is 2.29. The van der Waals surface area contributed by atoms with Crippen LogP contribution in [0.2, 0.25) is 0 Å². The highest BCUT2D eigenvalue weighted by molar-refractivity contribution is 6.30. The highest BCUT2D eigenvalue weighted by Crippen LogP contribution is 1.99. The number of aliphatic carboxylic acids is 1. The van der Waals surface area contributed by atoms with Crippen LogP contribution in [-0.2, 0) is 9.59 Å². The molecule has 0 atom stereocenters. The second-order valence-electron chi connectivity index (χ2n) is 4.85. The zero-order valence-electron chi connectivity index (χ0n) is 11.2. The van der Waals surface area contributed by atoms with Crippen LogP contribution in [-0.4, -0.2) is 49.5 Å². The Morgan fingerprint density at radius 2 is 1.85 bits per heavy atom. The maximum atomic E-state index is 11.2. The van der Waals surface area contributed by atoms with Gasteiger partial charge in [-0.1, -0.05) is 36.4 Å². The first kappa shape index (κ1) is 14.3. The minimum absolute atomic E-state index is 0.474. The minimum Gasteiger partial charge on any atom is -0.540 e. The van der Waals surface area contributed by atoms with Crippen molar-refractivity contribution in [1.29, 1.82) is 0 Å². The summed E-state index contributed by atoms with van der Waals surface area (Å²) < 4.78 is 0. The minimum atomic E-state index is -1.61. The van der Waals surface area contributed by atoms with Gasteiger partial charge in [-0.25, -0.2) is 0 Å². The third-order valence-electron chi connectivity index (χ3n) is 3.45. The normalized spacial score (nSPS) is 16.5. The summed E-state index contributed by atoms with van der Waals surface area (Å²) >= 11 is 0. The molecule has 0 aromatic heterocycles. The second kappa shape index (κ2) is 6.86. The third kappa shape index (κ3) is 3.93. The van der Waals surface area contributed by atoms with Gasteiger partial charge in [0, 0.05) is 0 Å². The maximum Gasteiger partial charge on any atom is 0.269 e. The summed E-state index contributed by atoms with van der Waals surface area (Å²) in [5.41, 5.74) is 1.16. The molecule has 1 aromatic rings. The van der Waals surface area contributed by atoms with Crippen LogP contribution < -0.4 is 10.0 Å². The number of nitrogens with one attached hydrogen (secondary N) is 1. The van der Waals surface area contributed by atoms with Crippen molar-refractivity contribution >= 4 is 18.0 Å². The van der Waals surface area contributed by atoms with Crippen molar-refractivity contribution in [3.05, 3.63) is 42.0 Å². The number of nitrogens with zero attached hydrogens (tertiary/aromatic N) is 1. The van der Waals surface area contributed by atoms with E-state index in [1.807, 2.05) is 30.3 Å². The zero-order valence-corrected chi connectivity index (χ0v) is 11.2. The van der Waals surface area contributed by atoms with Crippen LogP contribution in [0.3, 0.4) is 0 Å². The van der Waals surface area contributed by atoms with Gasteiger partial charge in [-0.15, -0.1) is 0 Å². The monoisotopic (exact) mass is 274 g/mol. The number of rotatable bonds is 3. The summed E-state index contributed by atoms with van der Waals surface area (Å²) in [4.78, 5) is 24.4. The van der Waals surface area contributed by atoms with E-state index in [2.05, 4.69) is 12.2 Å². The number of piperazine rings is 1. The molecular weight excluding hydrogens is 256 g/mol. The van der Waals surface area contributed by atoms with Gasteiger partial charge in [-0.3, -0.25) is 4.79 Å². The van der Waals surface area contributed by atoms with Gasteiger partial charge in [0.25, 0.3) is 5.91 Å². The van der Waals surface area contributed by atoms with Gasteiger partial charge in [0.15, 0.2) is 0 Å². The van der Waals surface area contributed by atoms with Gasteiger partial charge >= 0.3 is 0 Å². The molecule has 1 amide bonds. The molecule has 1 heterocycles. The Kier molecular flexibility index (Phi) is 4.90. The fraction of sp³-hybridized carbons (Fsp3) is 0.333. The van der Waals surface area contributed by atoms with Crippen LogP contribution in [0.4, 0.5) is 0 Å². The van der Waals surface area contributed by atoms with Crippen molar-refractivity contribution in [2.45, 2.75) is 0 Å². The number of carboxylic acid groups (broad SMARTS) is 1. The molecule has 2 rings (SSSR count). The van der Waals surface area contributed by atoms with E-state index in [1.165, 1.54) is 9.80 Å². The smallest absolute Gasteiger partial charge is 0.269 e. The number of carboxylic acids is 1. The van der Waals surface area contributed by atoms with Gasteiger partial charge < -0.3 is 19.7 Å². The molecular formula is C15H18N2O3. The largest absolute Gasteiger partial charge is 0.540 e. The van der Waals surface area contributed by atoms with E-state index in [-0.39, 0.29) is 0 Å². The number of quaternary nitrogens is 1. The van der Waals surface area contributed by atoms with Crippen molar-refractivity contribution in [2.24, 2.45) is 0 Å². The first-order valence-corrected chi connectivity index (χ1v) is 6.72. The van der Waals surface area contributed by atoms with Crippen LogP contribution in [0.15, 0.2) is 36.4 Å². The van der Waals surface area contributed by atoms with Gasteiger partial charge in [0.1, 0.15) is 5.97 Å². The van der Waals surface area contributed by atoms with Gasteiger partial charge in [0.2, 0.25) is 0 Å². The van der Waals surface area contributed by atoms with E-state index >= 15 is 0 Å². The second-order valence-corrected chi connectivity index (χ2v) is 4.85. The Balaban J connectivity index is 1.76. The van der Waals surface area contributed by atoms with Crippen LogP contribution in [0.1, 0.15) is 5.56 Å². The SMILES string of the molecule is O=C([O-])C(=O)N1CC[NH+](C/C=C/c2ccccc2)CC1. The Morgan fingerprint density at radius 3 is 2.45 bits per heavy atom. The van der Waals surface area contributed by atoms with E-state index in [0.717, 1.165) is 25.2 Å². The van der Waals surface area contributed by atoms with E-state index in [4.69, 9.17) is 0 Å². The molecule has 1 fully saturated rings. The third-order valence-corrected chi connectivity index (χ3v) is 3.45. The summed E-state index contributed by atoms with van der Waals surface area (Å²) in [7, 11) is 0. The maximum absolute atomic E-state index is 11.2. The Hall–Kier alpha value is -2.14. The highest BCUT2D eigenvalue weighted by atomic mass is 16.4. The average molecular weight is 274 g/mol. The standard InChI is InChI=1S/C15H18N2O3/c18-14(15(19)20)17-11-9-16(10-12-17)8-4-7-13-5-2-1-3-6-13/h1-7H,8-12H2,(H,19,20)/b7-4+. The van der Waals surface area contributed by atoms with Crippen LogP contribution in [0, 0.1) is 0 Å². The van der Waals surface area contributed by atoms with Gasteiger partial charge in [-0.05, 0) is 11.6 Å². The predicted molar refractivity (Wildman–Crippen MR) is 72.6 cm³/mol. The summed E-state index contributed by atoms with van der Waals surface area (Å²) in [5, 5.41) is 10.5. The lowest BCUT2D eigenvalue weighted by Gasteiger charge is -2.31. The molecule has 5 heteroatoms. The molecule has 1 N–H and O–H groups in total. The summed E-state index contributed by atoms with van der Waals surface area (Å²) in [6.07, 6.45) is 4.19. The summed E-state index contributed by atoms with van der Waals surface area (Å²) in [6, 6.07) is 10.1. The molecule has 1 aromatic carbocycles. The average Bonchev–Trinajstić information content (AvgIpc) is 2.48. The molecule has 0 spiro atoms. The Bertz CT molecular complexity index is 491. The topological polar surface area (TPSA) is 64.9 Å². The van der Waals surface area contributed by atoms with Crippen LogP contribution in [0.5, 0.6) is 0 Å². The molecule has 0 radical (unpaired) electrons. The molecule has 0 bridgehead atoms. The lowest BCUT2D eigenvalue weighted by molar-refractivity contribution is -0.898. The molecule has 1 saturated heterocycles. The summed E-state index contributed by atoms with van der Waals surface area (Å²) in [6.45, 7) is 3.35. The number of hydrogen-bond donors (Lipinski definition) is 1. The quantitative estimate of drug-likeness (QED) is 0.660. The first-order chi connectivity index (χ1) is 9.66. The Labute approximate surface area is 118 Å². The lowest BCUT2D eigenvalue weighted by Crippen LogP contribution is -3.14. The van der Waals surface area contributed by atoms with E-state index in [9.17, 15) is 14.7 Å². The zero-order chi connectivity index (χ0) is 14.4. The predicted octanol–water partition coefficient (Wildman–Crippen LogP) is -1.82. The van der Waals surface area contributed by atoms with Crippen molar-refractivity contribution in [2.75, 3.05) is 32.7 Å². The lowest BCUT2D eigenvalue weighted by atomic mass is 10.2. The number of carbonyl (C=O) groups excluding carboxylic acids is 2. The molecule has 0 unspecified atom stereocenters. The molecule has 0 aliphatic carbocycles. The fourth-order valence-corrected chi connectivity index (χ4v) is 2.29. The number of benzene rings is 1. The molecule has 106 valence electrons. The molecule has 0 saturated carbocycles. The van der Waals surface area contributed by atoms with Crippen molar-refractivity contribution < 1.29 is 19.6 Å². The molecule has 1 aliphatic heterocycles. The Morgan fingerprint density at radius 1 is 1.20 bits per heavy atom. The molecule has 1 aliphatic rings. The van der Waals surface area contributed by atoms with E-state index in [0.29, 0.717) is 13.1 Å². The van der Waals surface area contributed by atoms with Crippen LogP contribution in [0.25, 0.3) is 6.08 Å². The number of carbonyl (C=O) groups is 2.